The molecule has 0 aromatic carbocycles. The highest BCUT2D eigenvalue weighted by Gasteiger charge is 2.48. The second-order valence-electron chi connectivity index (χ2n) is 7.83. The molecule has 2 fully saturated rings. The molecule has 2 aliphatic heterocycles. The average molecular weight is 339 g/mol. The highest BCUT2D eigenvalue weighted by atomic mass is 16.5. The fourth-order valence-electron chi connectivity index (χ4n) is 4.12. The molecule has 0 aromatic rings. The lowest BCUT2D eigenvalue weighted by atomic mass is 9.78. The van der Waals surface area contributed by atoms with Crippen molar-refractivity contribution in [3.63, 3.8) is 0 Å². The molecule has 2 saturated heterocycles. The SMILES string of the molecule is CCCCCCOC[C@H]1C(CC=CCC[C@@H](C)CO)[C@H]2CC[C@@H]1O2. The van der Waals surface area contributed by atoms with E-state index < -0.39 is 0 Å². The minimum Gasteiger partial charge on any atom is -0.396 e. The van der Waals surface area contributed by atoms with E-state index in [1.807, 2.05) is 0 Å². The highest BCUT2D eigenvalue weighted by molar-refractivity contribution is 4.99. The van der Waals surface area contributed by atoms with Crippen LogP contribution in [0.25, 0.3) is 0 Å². The molecule has 140 valence electrons. The van der Waals surface area contributed by atoms with E-state index in [1.165, 1.54) is 38.5 Å². The number of hydrogen-bond donors (Lipinski definition) is 1. The summed E-state index contributed by atoms with van der Waals surface area (Å²) in [6.45, 7) is 6.44. The van der Waals surface area contributed by atoms with E-state index in [1.54, 1.807) is 0 Å². The minimum absolute atomic E-state index is 0.297. The Hall–Kier alpha value is -0.380. The molecule has 5 atom stereocenters. The third-order valence-electron chi connectivity index (χ3n) is 5.76. The van der Waals surface area contributed by atoms with Crippen LogP contribution < -0.4 is 0 Å². The number of fused-ring (bicyclic) bond motifs is 2. The molecule has 3 heteroatoms. The number of ether oxygens (including phenoxy) is 2. The van der Waals surface area contributed by atoms with Crippen LogP contribution >= 0.6 is 0 Å². The standard InChI is InChI=1S/C21H38O3/c1-3-4-5-9-14-23-16-19-18(20-12-13-21(19)24-20)11-8-6-7-10-17(2)15-22/h6,8,17-22H,3-5,7,9-16H2,1-2H3/t17-,18?,19+,20-,21+/m1/s1. The van der Waals surface area contributed by atoms with Crippen molar-refractivity contribution >= 4 is 0 Å². The zero-order valence-electron chi connectivity index (χ0n) is 15.8. The molecule has 1 N–H and O–H groups in total. The summed E-state index contributed by atoms with van der Waals surface area (Å²) >= 11 is 0. The van der Waals surface area contributed by atoms with Crippen molar-refractivity contribution in [1.82, 2.24) is 0 Å². The van der Waals surface area contributed by atoms with Crippen LogP contribution in [0.1, 0.15) is 71.6 Å². The monoisotopic (exact) mass is 338 g/mol. The first-order valence-electron chi connectivity index (χ1n) is 10.2. The van der Waals surface area contributed by atoms with Gasteiger partial charge in [-0.15, -0.1) is 0 Å². The Bertz CT molecular complexity index is 355. The first-order valence-corrected chi connectivity index (χ1v) is 10.2. The van der Waals surface area contributed by atoms with Crippen molar-refractivity contribution in [2.45, 2.75) is 83.8 Å². The van der Waals surface area contributed by atoms with Crippen LogP contribution in [0.4, 0.5) is 0 Å². The summed E-state index contributed by atoms with van der Waals surface area (Å²) in [6.07, 6.45) is 16.4. The second kappa shape index (κ2) is 11.3. The van der Waals surface area contributed by atoms with Crippen LogP contribution in [0.5, 0.6) is 0 Å². The third kappa shape index (κ3) is 6.16. The second-order valence-corrected chi connectivity index (χ2v) is 7.83. The van der Waals surface area contributed by atoms with Gasteiger partial charge in [-0.05, 0) is 50.4 Å². The van der Waals surface area contributed by atoms with Crippen molar-refractivity contribution < 1.29 is 14.6 Å². The van der Waals surface area contributed by atoms with Crippen LogP contribution in [0.3, 0.4) is 0 Å². The van der Waals surface area contributed by atoms with Gasteiger partial charge in [-0.3, -0.25) is 0 Å². The lowest BCUT2D eigenvalue weighted by molar-refractivity contribution is 0.0478. The van der Waals surface area contributed by atoms with Crippen LogP contribution in [-0.4, -0.2) is 37.1 Å². The predicted molar refractivity (Wildman–Crippen MR) is 99.1 cm³/mol. The first-order chi connectivity index (χ1) is 11.8. The van der Waals surface area contributed by atoms with E-state index in [0.29, 0.717) is 36.6 Å². The van der Waals surface area contributed by atoms with E-state index in [4.69, 9.17) is 14.6 Å². The van der Waals surface area contributed by atoms with Gasteiger partial charge in [0.15, 0.2) is 0 Å². The Kier molecular flexibility index (Phi) is 9.37. The molecule has 24 heavy (non-hydrogen) atoms. The summed E-state index contributed by atoms with van der Waals surface area (Å²) in [7, 11) is 0. The van der Waals surface area contributed by atoms with Crippen molar-refractivity contribution in [3.8, 4) is 0 Å². The van der Waals surface area contributed by atoms with Crippen molar-refractivity contribution in [1.29, 1.82) is 0 Å². The summed E-state index contributed by atoms with van der Waals surface area (Å²) in [5.41, 5.74) is 0. The molecule has 0 aliphatic carbocycles. The Morgan fingerprint density at radius 1 is 1.12 bits per heavy atom. The largest absolute Gasteiger partial charge is 0.396 e. The Labute approximate surface area is 148 Å². The topological polar surface area (TPSA) is 38.7 Å². The molecule has 1 unspecified atom stereocenters. The summed E-state index contributed by atoms with van der Waals surface area (Å²) < 4.78 is 12.1. The van der Waals surface area contributed by atoms with Crippen molar-refractivity contribution in [2.24, 2.45) is 17.8 Å². The zero-order chi connectivity index (χ0) is 17.2. The number of allylic oxidation sites excluding steroid dienone is 2. The van der Waals surface area contributed by atoms with E-state index >= 15 is 0 Å². The number of aliphatic hydroxyl groups excluding tert-OH is 1. The molecule has 3 nitrogen and oxygen atoms in total. The third-order valence-corrected chi connectivity index (χ3v) is 5.76. The maximum atomic E-state index is 9.07. The molecular weight excluding hydrogens is 300 g/mol. The molecule has 2 rings (SSSR count). The van der Waals surface area contributed by atoms with Gasteiger partial charge in [0.1, 0.15) is 0 Å². The van der Waals surface area contributed by atoms with Gasteiger partial charge < -0.3 is 14.6 Å². The smallest absolute Gasteiger partial charge is 0.0633 e. The molecule has 2 heterocycles. The first kappa shape index (κ1) is 19.9. The average Bonchev–Trinajstić information content (AvgIpc) is 3.19. The normalized spacial score (nSPS) is 30.5. The summed E-state index contributed by atoms with van der Waals surface area (Å²) in [4.78, 5) is 0. The predicted octanol–water partition coefficient (Wildman–Crippen LogP) is 4.73. The zero-order valence-corrected chi connectivity index (χ0v) is 15.8. The van der Waals surface area contributed by atoms with Gasteiger partial charge in [-0.2, -0.15) is 0 Å². The lowest BCUT2D eigenvalue weighted by Gasteiger charge is -2.27. The molecule has 0 amide bonds. The number of aliphatic hydroxyl groups is 1. The minimum atomic E-state index is 0.297. The highest BCUT2D eigenvalue weighted by Crippen LogP contribution is 2.45. The fraction of sp³-hybridized carbons (Fsp3) is 0.905. The summed E-state index contributed by atoms with van der Waals surface area (Å²) in [6, 6.07) is 0. The number of unbranched alkanes of at least 4 members (excludes halogenated alkanes) is 3. The van der Waals surface area contributed by atoms with Crippen LogP contribution in [0, 0.1) is 17.8 Å². The molecule has 2 aliphatic rings. The quantitative estimate of drug-likeness (QED) is 0.390. The van der Waals surface area contributed by atoms with Gasteiger partial charge >= 0.3 is 0 Å². The van der Waals surface area contributed by atoms with E-state index in [-0.39, 0.29) is 0 Å². The summed E-state index contributed by atoms with van der Waals surface area (Å²) in [5.74, 6) is 1.65. The van der Waals surface area contributed by atoms with Gasteiger partial charge in [-0.25, -0.2) is 0 Å². The van der Waals surface area contributed by atoms with Gasteiger partial charge in [0.25, 0.3) is 0 Å². The summed E-state index contributed by atoms with van der Waals surface area (Å²) in [5, 5.41) is 9.07. The van der Waals surface area contributed by atoms with Gasteiger partial charge in [0.05, 0.1) is 18.8 Å². The van der Waals surface area contributed by atoms with Gasteiger partial charge in [-0.1, -0.05) is 45.3 Å². The van der Waals surface area contributed by atoms with E-state index in [9.17, 15) is 0 Å². The fourth-order valence-corrected chi connectivity index (χ4v) is 4.12. The van der Waals surface area contributed by atoms with E-state index in [2.05, 4.69) is 26.0 Å². The Balaban J connectivity index is 1.66. The van der Waals surface area contributed by atoms with Crippen LogP contribution in [0.15, 0.2) is 12.2 Å². The molecule has 2 bridgehead atoms. The molecule has 0 aromatic heterocycles. The number of rotatable bonds is 13. The van der Waals surface area contributed by atoms with Crippen molar-refractivity contribution in [3.05, 3.63) is 12.2 Å². The maximum Gasteiger partial charge on any atom is 0.0633 e. The Morgan fingerprint density at radius 2 is 1.92 bits per heavy atom. The molecule has 0 saturated carbocycles. The van der Waals surface area contributed by atoms with Gasteiger partial charge in [0.2, 0.25) is 0 Å². The van der Waals surface area contributed by atoms with E-state index in [0.717, 1.165) is 32.5 Å². The van der Waals surface area contributed by atoms with Gasteiger partial charge in [0, 0.05) is 19.1 Å². The molecule has 0 radical (unpaired) electrons. The maximum absolute atomic E-state index is 9.07. The van der Waals surface area contributed by atoms with Crippen molar-refractivity contribution in [2.75, 3.05) is 19.8 Å². The van der Waals surface area contributed by atoms with Crippen LogP contribution in [-0.2, 0) is 9.47 Å². The Morgan fingerprint density at radius 3 is 2.67 bits per heavy atom. The molecular formula is C21H38O3. The van der Waals surface area contributed by atoms with Crippen LogP contribution in [0.2, 0.25) is 0 Å². The molecule has 0 spiro atoms. The number of hydrogen-bond acceptors (Lipinski definition) is 3. The lowest BCUT2D eigenvalue weighted by Crippen LogP contribution is -2.30.